The van der Waals surface area contributed by atoms with E-state index in [1.807, 2.05) is 19.1 Å². The molecule has 0 aromatic heterocycles. The molecule has 1 fully saturated rings. The minimum absolute atomic E-state index is 0.0662. The maximum absolute atomic E-state index is 11.8. The first-order valence-corrected chi connectivity index (χ1v) is 6.43. The number of carbonyl (C=O) groups is 2. The first kappa shape index (κ1) is 13.6. The molecule has 1 aliphatic carbocycles. The summed E-state index contributed by atoms with van der Waals surface area (Å²) in [5.41, 5.74) is 1.68. The molecule has 0 amide bonds. The van der Waals surface area contributed by atoms with Crippen molar-refractivity contribution < 1.29 is 19.1 Å². The Kier molecular flexibility index (Phi) is 4.20. The number of hydrogen-bond acceptors (Lipinski definition) is 4. The monoisotopic (exact) mass is 262 g/mol. The van der Waals surface area contributed by atoms with Gasteiger partial charge in [0.2, 0.25) is 0 Å². The summed E-state index contributed by atoms with van der Waals surface area (Å²) in [5.74, 6) is -0.210. The van der Waals surface area contributed by atoms with Gasteiger partial charge in [-0.1, -0.05) is 17.7 Å². The molecular weight excluding hydrogens is 244 g/mol. The van der Waals surface area contributed by atoms with Crippen molar-refractivity contribution in [1.82, 2.24) is 0 Å². The lowest BCUT2D eigenvalue weighted by Crippen LogP contribution is -2.34. The van der Waals surface area contributed by atoms with Crippen LogP contribution in [0.1, 0.15) is 35.2 Å². The molecule has 1 aromatic rings. The summed E-state index contributed by atoms with van der Waals surface area (Å²) in [5, 5.41) is 0. The van der Waals surface area contributed by atoms with E-state index in [4.69, 9.17) is 4.74 Å². The van der Waals surface area contributed by atoms with E-state index in [-0.39, 0.29) is 24.0 Å². The van der Waals surface area contributed by atoms with Gasteiger partial charge in [0.1, 0.15) is 6.10 Å². The van der Waals surface area contributed by atoms with Crippen LogP contribution in [0.3, 0.4) is 0 Å². The summed E-state index contributed by atoms with van der Waals surface area (Å²) in [7, 11) is 1.38. The first-order chi connectivity index (χ1) is 9.08. The Bertz CT molecular complexity index is 458. The van der Waals surface area contributed by atoms with Crippen LogP contribution in [-0.2, 0) is 14.3 Å². The van der Waals surface area contributed by atoms with Crippen LogP contribution in [0.5, 0.6) is 0 Å². The summed E-state index contributed by atoms with van der Waals surface area (Å²) < 4.78 is 9.97. The molecule has 0 N–H and O–H groups in total. The number of aryl methyl sites for hydroxylation is 1. The number of methoxy groups -OCH3 is 1. The van der Waals surface area contributed by atoms with E-state index in [1.165, 1.54) is 7.11 Å². The summed E-state index contributed by atoms with van der Waals surface area (Å²) >= 11 is 0. The lowest BCUT2D eigenvalue weighted by atomic mass is 9.80. The summed E-state index contributed by atoms with van der Waals surface area (Å²) in [4.78, 5) is 22.9. The van der Waals surface area contributed by atoms with Gasteiger partial charge in [-0.15, -0.1) is 0 Å². The molecule has 1 saturated carbocycles. The van der Waals surface area contributed by atoms with Crippen molar-refractivity contribution in [3.63, 3.8) is 0 Å². The van der Waals surface area contributed by atoms with Crippen molar-refractivity contribution in [3.05, 3.63) is 35.4 Å². The standard InChI is InChI=1S/C15H18O4/c1-10-3-5-12(6-4-10)15(17)19-13-7-11(8-13)9-14(16)18-2/h3-6,11,13H,7-9H2,1-2H3/t11-,13-. The molecule has 0 spiro atoms. The fourth-order valence-electron chi connectivity index (χ4n) is 2.17. The van der Waals surface area contributed by atoms with Crippen LogP contribution in [0, 0.1) is 12.8 Å². The topological polar surface area (TPSA) is 52.6 Å². The third kappa shape index (κ3) is 3.56. The normalized spacial score (nSPS) is 21.4. The van der Waals surface area contributed by atoms with Gasteiger partial charge in [-0.05, 0) is 37.8 Å². The fourth-order valence-corrected chi connectivity index (χ4v) is 2.17. The number of ether oxygens (including phenoxy) is 2. The minimum Gasteiger partial charge on any atom is -0.469 e. The molecule has 4 nitrogen and oxygen atoms in total. The lowest BCUT2D eigenvalue weighted by molar-refractivity contribution is -0.143. The van der Waals surface area contributed by atoms with Crippen LogP contribution >= 0.6 is 0 Å². The second kappa shape index (κ2) is 5.87. The van der Waals surface area contributed by atoms with E-state index in [0.29, 0.717) is 12.0 Å². The SMILES string of the molecule is COC(=O)C[C@H]1C[C@H](OC(=O)c2ccc(C)cc2)C1. The van der Waals surface area contributed by atoms with Gasteiger partial charge in [-0.2, -0.15) is 0 Å². The second-order valence-corrected chi connectivity index (χ2v) is 5.01. The van der Waals surface area contributed by atoms with Gasteiger partial charge in [0, 0.05) is 6.42 Å². The highest BCUT2D eigenvalue weighted by molar-refractivity contribution is 5.89. The molecule has 19 heavy (non-hydrogen) atoms. The summed E-state index contributed by atoms with van der Waals surface area (Å²) in [6, 6.07) is 7.30. The molecule has 1 aromatic carbocycles. The van der Waals surface area contributed by atoms with E-state index < -0.39 is 0 Å². The van der Waals surface area contributed by atoms with Crippen LogP contribution in [0.4, 0.5) is 0 Å². The number of rotatable bonds is 4. The first-order valence-electron chi connectivity index (χ1n) is 6.43. The Labute approximate surface area is 112 Å². The lowest BCUT2D eigenvalue weighted by Gasteiger charge is -2.33. The van der Waals surface area contributed by atoms with Crippen molar-refractivity contribution in [1.29, 1.82) is 0 Å². The molecule has 4 heteroatoms. The summed E-state index contributed by atoms with van der Waals surface area (Å²) in [6.07, 6.45) is 1.83. The van der Waals surface area contributed by atoms with E-state index in [0.717, 1.165) is 18.4 Å². The number of esters is 2. The van der Waals surface area contributed by atoms with Crippen molar-refractivity contribution >= 4 is 11.9 Å². The highest BCUT2D eigenvalue weighted by Gasteiger charge is 2.33. The van der Waals surface area contributed by atoms with Gasteiger partial charge in [0.15, 0.2) is 0 Å². The molecule has 0 aliphatic heterocycles. The van der Waals surface area contributed by atoms with Crippen molar-refractivity contribution in [2.45, 2.75) is 32.3 Å². The Balaban J connectivity index is 1.76. The van der Waals surface area contributed by atoms with E-state index >= 15 is 0 Å². The third-order valence-corrected chi connectivity index (χ3v) is 3.44. The maximum Gasteiger partial charge on any atom is 0.338 e. The molecule has 0 unspecified atom stereocenters. The Morgan fingerprint density at radius 2 is 1.84 bits per heavy atom. The number of benzene rings is 1. The molecule has 0 radical (unpaired) electrons. The Morgan fingerprint density at radius 1 is 1.21 bits per heavy atom. The van der Waals surface area contributed by atoms with Gasteiger partial charge in [0.25, 0.3) is 0 Å². The smallest absolute Gasteiger partial charge is 0.338 e. The van der Waals surface area contributed by atoms with Crippen molar-refractivity contribution in [2.75, 3.05) is 7.11 Å². The average Bonchev–Trinajstić information content (AvgIpc) is 2.36. The minimum atomic E-state index is -0.290. The van der Waals surface area contributed by atoms with Crippen LogP contribution in [0.15, 0.2) is 24.3 Å². The van der Waals surface area contributed by atoms with E-state index in [2.05, 4.69) is 4.74 Å². The van der Waals surface area contributed by atoms with E-state index in [1.54, 1.807) is 12.1 Å². The molecule has 0 bridgehead atoms. The van der Waals surface area contributed by atoms with Crippen LogP contribution in [0.2, 0.25) is 0 Å². The van der Waals surface area contributed by atoms with Gasteiger partial charge in [-0.25, -0.2) is 4.79 Å². The number of hydrogen-bond donors (Lipinski definition) is 0. The van der Waals surface area contributed by atoms with E-state index in [9.17, 15) is 9.59 Å². The molecule has 2 rings (SSSR count). The highest BCUT2D eigenvalue weighted by atomic mass is 16.5. The van der Waals surface area contributed by atoms with Gasteiger partial charge in [0.05, 0.1) is 12.7 Å². The number of carbonyl (C=O) groups excluding carboxylic acids is 2. The zero-order valence-corrected chi connectivity index (χ0v) is 11.2. The third-order valence-electron chi connectivity index (χ3n) is 3.44. The molecule has 0 heterocycles. The molecule has 102 valence electrons. The van der Waals surface area contributed by atoms with Gasteiger partial charge >= 0.3 is 11.9 Å². The van der Waals surface area contributed by atoms with Crippen molar-refractivity contribution in [2.24, 2.45) is 5.92 Å². The van der Waals surface area contributed by atoms with Crippen LogP contribution in [0.25, 0.3) is 0 Å². The van der Waals surface area contributed by atoms with Crippen LogP contribution in [-0.4, -0.2) is 25.2 Å². The molecule has 0 atom stereocenters. The van der Waals surface area contributed by atoms with Crippen molar-refractivity contribution in [3.8, 4) is 0 Å². The predicted octanol–water partition coefficient (Wildman–Crippen LogP) is 2.49. The molecule has 0 saturated heterocycles. The second-order valence-electron chi connectivity index (χ2n) is 5.01. The van der Waals surface area contributed by atoms with Crippen LogP contribution < -0.4 is 0 Å². The summed E-state index contributed by atoms with van der Waals surface area (Å²) in [6.45, 7) is 1.97. The quantitative estimate of drug-likeness (QED) is 0.782. The average molecular weight is 262 g/mol. The highest BCUT2D eigenvalue weighted by Crippen LogP contribution is 2.33. The Morgan fingerprint density at radius 3 is 2.42 bits per heavy atom. The zero-order chi connectivity index (χ0) is 13.8. The largest absolute Gasteiger partial charge is 0.469 e. The fraction of sp³-hybridized carbons (Fsp3) is 0.467. The maximum atomic E-state index is 11.8. The van der Waals surface area contributed by atoms with Gasteiger partial charge < -0.3 is 9.47 Å². The zero-order valence-electron chi connectivity index (χ0n) is 11.2. The van der Waals surface area contributed by atoms with Gasteiger partial charge in [-0.3, -0.25) is 4.79 Å². The Hall–Kier alpha value is -1.84. The predicted molar refractivity (Wildman–Crippen MR) is 69.7 cm³/mol. The molecule has 1 aliphatic rings. The molecular formula is C15H18O4.